The third-order valence-electron chi connectivity index (χ3n) is 13.1. The molecule has 73 heavy (non-hydrogen) atoms. The summed E-state index contributed by atoms with van der Waals surface area (Å²) in [5, 5.41) is 7.52. The van der Waals surface area contributed by atoms with Crippen molar-refractivity contribution in [3.8, 4) is 35.3 Å². The summed E-state index contributed by atoms with van der Waals surface area (Å²) in [4.78, 5) is 20.8. The number of nitrogens with two attached hydrogens (primary N) is 1. The highest BCUT2D eigenvalue weighted by Crippen LogP contribution is 2.45. The molecule has 4 aromatic heterocycles. The fourth-order valence-corrected chi connectivity index (χ4v) is 10.1. The zero-order valence-corrected chi connectivity index (χ0v) is 40.6. The Labute approximate surface area is 419 Å². The van der Waals surface area contributed by atoms with Crippen LogP contribution in [-0.2, 0) is 19.5 Å². The van der Waals surface area contributed by atoms with Crippen LogP contribution in [0.1, 0.15) is 31.5 Å². The third-order valence-corrected chi connectivity index (χ3v) is 13.4. The van der Waals surface area contributed by atoms with E-state index in [9.17, 15) is 43.9 Å². The summed E-state index contributed by atoms with van der Waals surface area (Å²) in [5.74, 6) is -1.29. The predicted octanol–water partition coefficient (Wildman–Crippen LogP) is 9.96. The molecule has 0 amide bonds. The predicted molar refractivity (Wildman–Crippen MR) is 246 cm³/mol. The van der Waals surface area contributed by atoms with Gasteiger partial charge in [-0.25, -0.2) is 36.9 Å². The van der Waals surface area contributed by atoms with E-state index in [1.807, 2.05) is 24.4 Å². The van der Waals surface area contributed by atoms with Crippen molar-refractivity contribution in [1.29, 1.82) is 0 Å². The molecule has 26 heteroatoms. The van der Waals surface area contributed by atoms with Crippen LogP contribution in [0.15, 0.2) is 77.8 Å². The highest BCUT2D eigenvalue weighted by Gasteiger charge is 2.43. The number of halogens is 11. The van der Waals surface area contributed by atoms with Gasteiger partial charge in [-0.15, -0.1) is 5.10 Å². The number of aromatic nitrogens is 8. The van der Waals surface area contributed by atoms with Gasteiger partial charge in [0.1, 0.15) is 24.6 Å². The van der Waals surface area contributed by atoms with Crippen molar-refractivity contribution in [3.05, 3.63) is 107 Å². The Balaban J connectivity index is 0.000000161. The summed E-state index contributed by atoms with van der Waals surface area (Å²) in [6.45, 7) is 0.917. The minimum absolute atomic E-state index is 0.126. The lowest BCUT2D eigenvalue weighted by Gasteiger charge is -2.39. The van der Waals surface area contributed by atoms with E-state index in [4.69, 9.17) is 24.7 Å². The summed E-state index contributed by atoms with van der Waals surface area (Å²) in [7, 11) is 3.22. The number of ether oxygens (including phenoxy) is 4. The molecule has 2 saturated heterocycles. The molecule has 0 radical (unpaired) electrons. The van der Waals surface area contributed by atoms with Crippen molar-refractivity contribution >= 4 is 27.3 Å². The minimum Gasteiger partial charge on any atom is -0.481 e. The molecule has 6 heterocycles. The van der Waals surface area contributed by atoms with Crippen LogP contribution in [-0.4, -0.2) is 98.3 Å². The highest BCUT2D eigenvalue weighted by molar-refractivity contribution is 9.10. The first-order valence-electron chi connectivity index (χ1n) is 22.9. The maximum Gasteiger partial charge on any atom is 0.408 e. The third kappa shape index (κ3) is 13.6. The average Bonchev–Trinajstić information content (AvgIpc) is 3.99. The first-order valence-corrected chi connectivity index (χ1v) is 23.7. The van der Waals surface area contributed by atoms with E-state index in [0.717, 1.165) is 75.0 Å². The lowest BCUT2D eigenvalue weighted by Crippen LogP contribution is -2.48. The molecule has 392 valence electrons. The van der Waals surface area contributed by atoms with Crippen LogP contribution in [0.5, 0.6) is 35.3 Å². The molecule has 0 spiro atoms. The van der Waals surface area contributed by atoms with Crippen molar-refractivity contribution < 1.29 is 62.9 Å². The zero-order valence-electron chi connectivity index (χ0n) is 39.0. The van der Waals surface area contributed by atoms with Gasteiger partial charge in [0.15, 0.2) is 29.1 Å². The number of alkyl halides is 6. The van der Waals surface area contributed by atoms with Crippen LogP contribution < -0.4 is 34.5 Å². The van der Waals surface area contributed by atoms with Crippen LogP contribution in [0.3, 0.4) is 0 Å². The quantitative estimate of drug-likeness (QED) is 0.116. The second-order valence-electron chi connectivity index (χ2n) is 17.9. The molecule has 2 aliphatic carbocycles. The van der Waals surface area contributed by atoms with Crippen LogP contribution >= 0.6 is 15.9 Å². The van der Waals surface area contributed by atoms with E-state index >= 15 is 0 Å². The van der Waals surface area contributed by atoms with E-state index in [1.54, 1.807) is 20.4 Å². The lowest BCUT2D eigenvalue weighted by atomic mass is 9.82. The second-order valence-corrected chi connectivity index (χ2v) is 18.6. The Morgan fingerprint density at radius 1 is 0.589 bits per heavy atom. The molecule has 4 atom stereocenters. The smallest absolute Gasteiger partial charge is 0.408 e. The maximum atomic E-state index is 13.6. The number of pyridine rings is 2. The average molecular weight is 1100 g/mol. The normalized spacial score (nSPS) is 21.2. The lowest BCUT2D eigenvalue weighted by molar-refractivity contribution is -0.144. The standard InChI is InChI=1S/C24H24F5N5O2.C13H19N3O.C10H5BrF5N3O/c1-35-22-8-16(6-7-30-22)33-11-14-2-3-15(12-33)18(14)10-21-31-23(34(32-21)13-24(27,28)29)36-17-4-5-19(25)20(26)9-17;1-17-12-6-11(4-5-15-12)16-7-9-2-3-10(8-16)13(9)14;11-8-17-9(19(18-8)4-10(14,15)16)20-5-1-2-6(12)7(13)3-5/h4-9,14-15,18H,2-3,10-13H2,1H3;4-6,9-10,13H,2-3,7-8,14H2,1H3;1-3H,4H2. The van der Waals surface area contributed by atoms with Gasteiger partial charge < -0.3 is 34.5 Å². The number of benzene rings is 2. The highest BCUT2D eigenvalue weighted by atomic mass is 79.9. The number of hydrogen-bond donors (Lipinski definition) is 1. The summed E-state index contributed by atoms with van der Waals surface area (Å²) in [5.41, 5.74) is 8.45. The Hall–Kier alpha value is -6.44. The maximum absolute atomic E-state index is 13.6. The first kappa shape index (κ1) is 52.9. The summed E-state index contributed by atoms with van der Waals surface area (Å²) >= 11 is 2.81. The number of methoxy groups -OCH3 is 2. The van der Waals surface area contributed by atoms with E-state index in [2.05, 4.69) is 61.9 Å². The van der Waals surface area contributed by atoms with Crippen molar-refractivity contribution in [1.82, 2.24) is 39.5 Å². The Morgan fingerprint density at radius 3 is 1.48 bits per heavy atom. The Morgan fingerprint density at radius 2 is 1.03 bits per heavy atom. The molecule has 4 bridgehead atoms. The molecule has 6 aromatic rings. The Kier molecular flexibility index (Phi) is 16.2. The fraction of sp³-hybridized carbons (Fsp3) is 0.447. The number of hydrogen-bond acceptors (Lipinski definition) is 13. The Bertz CT molecular complexity index is 2810. The van der Waals surface area contributed by atoms with E-state index in [0.29, 0.717) is 63.3 Å². The molecule has 4 fully saturated rings. The van der Waals surface area contributed by atoms with Gasteiger partial charge in [-0.1, -0.05) is 0 Å². The van der Waals surface area contributed by atoms with Gasteiger partial charge >= 0.3 is 24.4 Å². The van der Waals surface area contributed by atoms with Crippen molar-refractivity contribution in [3.63, 3.8) is 0 Å². The molecule has 4 unspecified atom stereocenters. The zero-order chi connectivity index (χ0) is 52.2. The number of rotatable bonds is 12. The first-order chi connectivity index (χ1) is 34.7. The molecule has 10 rings (SSSR count). The monoisotopic (exact) mass is 1100 g/mol. The van der Waals surface area contributed by atoms with Gasteiger partial charge in [0, 0.05) is 86.7 Å². The van der Waals surface area contributed by atoms with Gasteiger partial charge in [0.25, 0.3) is 0 Å². The second kappa shape index (κ2) is 22.4. The van der Waals surface area contributed by atoms with Gasteiger partial charge in [0.05, 0.1) is 14.2 Å². The van der Waals surface area contributed by atoms with E-state index in [-0.39, 0.29) is 28.0 Å². The molecule has 2 aliphatic heterocycles. The number of nitrogens with zero attached hydrogens (tertiary/aromatic N) is 10. The van der Waals surface area contributed by atoms with E-state index in [1.165, 1.54) is 18.5 Å². The van der Waals surface area contributed by atoms with Gasteiger partial charge in [0.2, 0.25) is 16.5 Å². The molecule has 2 N–H and O–H groups in total. The van der Waals surface area contributed by atoms with Crippen molar-refractivity contribution in [2.75, 3.05) is 50.2 Å². The fourth-order valence-electron chi connectivity index (χ4n) is 9.73. The van der Waals surface area contributed by atoms with Crippen LogP contribution in [0.4, 0.5) is 55.3 Å². The minimum atomic E-state index is -4.56. The van der Waals surface area contributed by atoms with Gasteiger partial charge in [-0.2, -0.15) is 41.4 Å². The summed E-state index contributed by atoms with van der Waals surface area (Å²) < 4.78 is 151. The summed E-state index contributed by atoms with van der Waals surface area (Å²) in [6, 6.07) is 12.6. The number of anilines is 2. The molecule has 2 aromatic carbocycles. The topological polar surface area (TPSA) is 157 Å². The number of piperidine rings is 2. The summed E-state index contributed by atoms with van der Waals surface area (Å²) in [6.07, 6.45) is -0.590. The van der Waals surface area contributed by atoms with Crippen LogP contribution in [0.2, 0.25) is 0 Å². The van der Waals surface area contributed by atoms with Crippen molar-refractivity contribution in [2.45, 2.75) is 63.6 Å². The molecular weight excluding hydrogens is 1050 g/mol. The van der Waals surface area contributed by atoms with Crippen LogP contribution in [0.25, 0.3) is 0 Å². The molecule has 2 saturated carbocycles. The number of fused-ring (bicyclic) bond motifs is 4. The largest absolute Gasteiger partial charge is 0.481 e. The SMILES string of the molecule is COc1cc(N2CC3CCC(C2)C3Cc2nc(Oc3ccc(F)c(F)c3)n(CC(F)(F)F)n2)ccn1.COc1cc(N2CC3CCC(C2)C3N)ccn1.Fc1ccc(Oc2nc(Br)nn2CC(F)(F)F)cc1F. The molecule has 4 aliphatic rings. The van der Waals surface area contributed by atoms with Gasteiger partial charge in [-0.05, 0) is 108 Å². The molecule has 15 nitrogen and oxygen atoms in total. The van der Waals surface area contributed by atoms with Crippen molar-refractivity contribution in [2.24, 2.45) is 35.3 Å². The molecular formula is C47H48BrF10N11O4. The van der Waals surface area contributed by atoms with Crippen LogP contribution in [0, 0.1) is 52.9 Å². The van der Waals surface area contributed by atoms with E-state index < -0.39 is 60.7 Å². The van der Waals surface area contributed by atoms with Gasteiger partial charge in [-0.3, -0.25) is 0 Å².